The van der Waals surface area contributed by atoms with Crippen molar-refractivity contribution in [2.75, 3.05) is 7.05 Å². The first-order valence-corrected chi connectivity index (χ1v) is 5.25. The standard InChI is InChI=1S/C12H19N3O/c1-8-4-5-10(9(2)6-8)11(13)7-12(16)15(3)14/h4-6,11H,7,13-14H2,1-3H3. The number of carbonyl (C=O) groups excluding carboxylic acids is 1. The molecule has 1 aromatic rings. The van der Waals surface area contributed by atoms with Gasteiger partial charge in [-0.05, 0) is 25.0 Å². The summed E-state index contributed by atoms with van der Waals surface area (Å²) in [6.07, 6.45) is 0.233. The number of hydrogen-bond donors (Lipinski definition) is 2. The lowest BCUT2D eigenvalue weighted by Gasteiger charge is -2.17. The SMILES string of the molecule is Cc1ccc(C(N)CC(=O)N(C)N)c(C)c1. The number of nitrogens with zero attached hydrogens (tertiary/aromatic N) is 1. The van der Waals surface area contributed by atoms with E-state index in [2.05, 4.69) is 6.07 Å². The van der Waals surface area contributed by atoms with Crippen LogP contribution in [-0.2, 0) is 4.79 Å². The van der Waals surface area contributed by atoms with Crippen molar-refractivity contribution in [3.8, 4) is 0 Å². The zero-order valence-corrected chi connectivity index (χ0v) is 10.0. The first kappa shape index (κ1) is 12.7. The molecule has 0 aromatic heterocycles. The Morgan fingerprint density at radius 2 is 2.06 bits per heavy atom. The Hall–Kier alpha value is -1.39. The number of amides is 1. The molecule has 0 aliphatic heterocycles. The van der Waals surface area contributed by atoms with E-state index in [0.717, 1.165) is 16.1 Å². The molecule has 1 amide bonds. The van der Waals surface area contributed by atoms with Crippen molar-refractivity contribution in [1.29, 1.82) is 0 Å². The summed E-state index contributed by atoms with van der Waals surface area (Å²) >= 11 is 0. The first-order chi connectivity index (χ1) is 7.41. The van der Waals surface area contributed by atoms with Gasteiger partial charge in [0.05, 0.1) is 0 Å². The molecule has 16 heavy (non-hydrogen) atoms. The van der Waals surface area contributed by atoms with Crippen molar-refractivity contribution in [3.63, 3.8) is 0 Å². The molecule has 0 heterocycles. The molecule has 4 nitrogen and oxygen atoms in total. The largest absolute Gasteiger partial charge is 0.324 e. The molecule has 0 saturated heterocycles. The molecule has 88 valence electrons. The number of hydrogen-bond acceptors (Lipinski definition) is 3. The van der Waals surface area contributed by atoms with Crippen molar-refractivity contribution in [1.82, 2.24) is 5.01 Å². The van der Waals surface area contributed by atoms with Crippen LogP contribution >= 0.6 is 0 Å². The van der Waals surface area contributed by atoms with E-state index in [1.54, 1.807) is 0 Å². The van der Waals surface area contributed by atoms with Gasteiger partial charge in [-0.2, -0.15) is 0 Å². The second-order valence-electron chi connectivity index (χ2n) is 4.18. The molecule has 0 aliphatic rings. The van der Waals surface area contributed by atoms with Crippen LogP contribution in [0.4, 0.5) is 0 Å². The lowest BCUT2D eigenvalue weighted by molar-refractivity contribution is -0.130. The number of nitrogens with two attached hydrogens (primary N) is 2. The summed E-state index contributed by atoms with van der Waals surface area (Å²) in [6.45, 7) is 4.03. The van der Waals surface area contributed by atoms with E-state index in [1.807, 2.05) is 26.0 Å². The molecular weight excluding hydrogens is 202 g/mol. The average molecular weight is 221 g/mol. The van der Waals surface area contributed by atoms with Crippen LogP contribution in [0.5, 0.6) is 0 Å². The summed E-state index contributed by atoms with van der Waals surface area (Å²) in [7, 11) is 1.52. The molecule has 4 N–H and O–H groups in total. The second-order valence-corrected chi connectivity index (χ2v) is 4.18. The molecule has 1 atom stereocenters. The summed E-state index contributed by atoms with van der Waals surface area (Å²) in [6, 6.07) is 5.74. The molecular formula is C12H19N3O. The second kappa shape index (κ2) is 5.09. The van der Waals surface area contributed by atoms with Crippen molar-refractivity contribution in [3.05, 3.63) is 34.9 Å². The van der Waals surface area contributed by atoms with E-state index in [9.17, 15) is 4.79 Å². The third kappa shape index (κ3) is 3.05. The van der Waals surface area contributed by atoms with Gasteiger partial charge in [0.25, 0.3) is 0 Å². The highest BCUT2D eigenvalue weighted by atomic mass is 16.2. The van der Waals surface area contributed by atoms with E-state index in [-0.39, 0.29) is 18.4 Å². The lowest BCUT2D eigenvalue weighted by atomic mass is 9.97. The fourth-order valence-corrected chi connectivity index (χ4v) is 1.68. The summed E-state index contributed by atoms with van der Waals surface area (Å²) in [5.41, 5.74) is 9.28. The number of carbonyl (C=O) groups is 1. The van der Waals surface area contributed by atoms with Gasteiger partial charge in [-0.1, -0.05) is 23.8 Å². The van der Waals surface area contributed by atoms with Crippen molar-refractivity contribution >= 4 is 5.91 Å². The van der Waals surface area contributed by atoms with Gasteiger partial charge in [-0.25, -0.2) is 5.84 Å². The summed E-state index contributed by atoms with van der Waals surface area (Å²) in [4.78, 5) is 11.4. The molecule has 0 aliphatic carbocycles. The van der Waals surface area contributed by atoms with Crippen LogP contribution in [0.15, 0.2) is 18.2 Å². The Labute approximate surface area is 96.2 Å². The zero-order chi connectivity index (χ0) is 12.3. The fraction of sp³-hybridized carbons (Fsp3) is 0.417. The Bertz CT molecular complexity index is 388. The minimum absolute atomic E-state index is 0.160. The molecule has 0 saturated carbocycles. The van der Waals surface area contributed by atoms with Gasteiger partial charge in [0, 0.05) is 19.5 Å². The zero-order valence-electron chi connectivity index (χ0n) is 10.0. The maximum Gasteiger partial charge on any atom is 0.238 e. The molecule has 0 radical (unpaired) electrons. The van der Waals surface area contributed by atoms with Crippen LogP contribution in [0.3, 0.4) is 0 Å². The van der Waals surface area contributed by atoms with Crippen LogP contribution in [0.2, 0.25) is 0 Å². The molecule has 0 spiro atoms. The smallest absolute Gasteiger partial charge is 0.238 e. The van der Waals surface area contributed by atoms with Crippen molar-refractivity contribution < 1.29 is 4.79 Å². The topological polar surface area (TPSA) is 72.4 Å². The molecule has 1 aromatic carbocycles. The van der Waals surface area contributed by atoms with Gasteiger partial charge in [0.1, 0.15) is 0 Å². The maximum atomic E-state index is 11.4. The first-order valence-electron chi connectivity index (χ1n) is 5.25. The molecule has 1 unspecified atom stereocenters. The van der Waals surface area contributed by atoms with E-state index in [1.165, 1.54) is 12.6 Å². The fourth-order valence-electron chi connectivity index (χ4n) is 1.68. The van der Waals surface area contributed by atoms with Crippen molar-refractivity contribution in [2.45, 2.75) is 26.3 Å². The predicted molar refractivity (Wildman–Crippen MR) is 64.4 cm³/mol. The van der Waals surface area contributed by atoms with Crippen LogP contribution in [0.1, 0.15) is 29.2 Å². The highest BCUT2D eigenvalue weighted by Gasteiger charge is 2.14. The lowest BCUT2D eigenvalue weighted by Crippen LogP contribution is -2.35. The summed E-state index contributed by atoms with van der Waals surface area (Å²) in [5, 5.41) is 1.07. The van der Waals surface area contributed by atoms with Gasteiger partial charge < -0.3 is 5.73 Å². The van der Waals surface area contributed by atoms with Crippen LogP contribution in [-0.4, -0.2) is 18.0 Å². The highest BCUT2D eigenvalue weighted by Crippen LogP contribution is 2.19. The monoisotopic (exact) mass is 221 g/mol. The average Bonchev–Trinajstić information content (AvgIpc) is 2.16. The van der Waals surface area contributed by atoms with Gasteiger partial charge in [-0.3, -0.25) is 9.80 Å². The number of benzene rings is 1. The molecule has 0 bridgehead atoms. The van der Waals surface area contributed by atoms with Gasteiger partial charge in [0.2, 0.25) is 5.91 Å². The van der Waals surface area contributed by atoms with E-state index in [0.29, 0.717) is 0 Å². The Morgan fingerprint density at radius 3 is 2.56 bits per heavy atom. The van der Waals surface area contributed by atoms with Crippen molar-refractivity contribution in [2.24, 2.45) is 11.6 Å². The highest BCUT2D eigenvalue weighted by molar-refractivity contribution is 5.76. The van der Waals surface area contributed by atoms with E-state index in [4.69, 9.17) is 11.6 Å². The summed E-state index contributed by atoms with van der Waals surface area (Å²) < 4.78 is 0. The number of aryl methyl sites for hydroxylation is 2. The van der Waals surface area contributed by atoms with E-state index < -0.39 is 0 Å². The summed E-state index contributed by atoms with van der Waals surface area (Å²) in [5.74, 6) is 5.19. The van der Waals surface area contributed by atoms with Gasteiger partial charge in [-0.15, -0.1) is 0 Å². The van der Waals surface area contributed by atoms with Crippen LogP contribution < -0.4 is 11.6 Å². The molecule has 0 fully saturated rings. The maximum absolute atomic E-state index is 11.4. The Morgan fingerprint density at radius 1 is 1.44 bits per heavy atom. The predicted octanol–water partition coefficient (Wildman–Crippen LogP) is 1.03. The number of rotatable bonds is 3. The molecule has 4 heteroatoms. The minimum atomic E-state index is -0.293. The van der Waals surface area contributed by atoms with Crippen LogP contribution in [0.25, 0.3) is 0 Å². The third-order valence-corrected chi connectivity index (χ3v) is 2.61. The Kier molecular flexibility index (Phi) is 4.04. The number of hydrazine groups is 1. The normalized spacial score (nSPS) is 12.3. The minimum Gasteiger partial charge on any atom is -0.324 e. The Balaban J connectivity index is 2.80. The van der Waals surface area contributed by atoms with Gasteiger partial charge >= 0.3 is 0 Å². The third-order valence-electron chi connectivity index (χ3n) is 2.61. The van der Waals surface area contributed by atoms with E-state index >= 15 is 0 Å². The van der Waals surface area contributed by atoms with Crippen LogP contribution in [0, 0.1) is 13.8 Å². The quantitative estimate of drug-likeness (QED) is 0.455. The molecule has 1 rings (SSSR count). The van der Waals surface area contributed by atoms with Gasteiger partial charge in [0.15, 0.2) is 0 Å².